The van der Waals surface area contributed by atoms with Crippen molar-refractivity contribution in [3.63, 3.8) is 0 Å². The lowest BCUT2D eigenvalue weighted by Gasteiger charge is -2.10. The molecule has 1 aromatic heterocycles. The highest BCUT2D eigenvalue weighted by Gasteiger charge is 2.65. The maximum Gasteiger partial charge on any atom is 0.235 e. The third-order valence-electron chi connectivity index (χ3n) is 5.49. The number of ether oxygens (including phenoxy) is 1. The number of hydrogen-bond donors (Lipinski definition) is 2. The third kappa shape index (κ3) is 2.16. The van der Waals surface area contributed by atoms with Crippen LogP contribution in [0.2, 0.25) is 0 Å². The lowest BCUT2D eigenvalue weighted by Crippen LogP contribution is -2.21. The highest BCUT2D eigenvalue weighted by atomic mass is 16.5. The molecule has 1 fully saturated rings. The van der Waals surface area contributed by atoms with Crippen molar-refractivity contribution in [1.29, 1.82) is 0 Å². The van der Waals surface area contributed by atoms with Crippen LogP contribution >= 0.6 is 0 Å². The highest BCUT2D eigenvalue weighted by molar-refractivity contribution is 6.10. The van der Waals surface area contributed by atoms with Gasteiger partial charge in [0.05, 0.1) is 18.0 Å². The van der Waals surface area contributed by atoms with Crippen LogP contribution in [-0.4, -0.2) is 23.2 Å². The summed E-state index contributed by atoms with van der Waals surface area (Å²) < 4.78 is 5.34. The number of H-pyrrole nitrogens is 1. The van der Waals surface area contributed by atoms with Gasteiger partial charge in [0, 0.05) is 22.7 Å². The van der Waals surface area contributed by atoms with Gasteiger partial charge in [0.25, 0.3) is 0 Å². The molecule has 2 heterocycles. The summed E-state index contributed by atoms with van der Waals surface area (Å²) in [5.74, 6) is 1.06. The Morgan fingerprint density at radius 1 is 1.19 bits per heavy atom. The highest BCUT2D eigenvalue weighted by Crippen LogP contribution is 2.65. The molecule has 5 rings (SSSR count). The SMILES string of the molecule is CC.COc1ccc2c(c1)C1(CC1c1ccc3c(C)[nH]nc3c1)C(=O)N2. The summed E-state index contributed by atoms with van der Waals surface area (Å²) in [5, 5.41) is 11.5. The largest absolute Gasteiger partial charge is 0.497 e. The molecule has 5 heteroatoms. The van der Waals surface area contributed by atoms with Crippen molar-refractivity contribution in [3.8, 4) is 5.75 Å². The van der Waals surface area contributed by atoms with Gasteiger partial charge in [-0.15, -0.1) is 0 Å². The number of amides is 1. The van der Waals surface area contributed by atoms with Gasteiger partial charge < -0.3 is 10.1 Å². The van der Waals surface area contributed by atoms with E-state index in [1.54, 1.807) is 7.11 Å². The number of rotatable bonds is 2. The summed E-state index contributed by atoms with van der Waals surface area (Å²) in [4.78, 5) is 12.7. The van der Waals surface area contributed by atoms with E-state index >= 15 is 0 Å². The molecule has 1 saturated carbocycles. The number of anilines is 1. The number of methoxy groups -OCH3 is 1. The van der Waals surface area contributed by atoms with E-state index in [4.69, 9.17) is 4.74 Å². The van der Waals surface area contributed by atoms with Gasteiger partial charge in [0.15, 0.2) is 0 Å². The first-order valence-electron chi connectivity index (χ1n) is 9.08. The van der Waals surface area contributed by atoms with Gasteiger partial charge in [-0.2, -0.15) is 5.10 Å². The second-order valence-corrected chi connectivity index (χ2v) is 6.72. The molecule has 1 aliphatic heterocycles. The predicted molar refractivity (Wildman–Crippen MR) is 103 cm³/mol. The van der Waals surface area contributed by atoms with Crippen molar-refractivity contribution in [2.24, 2.45) is 0 Å². The van der Waals surface area contributed by atoms with Gasteiger partial charge in [0.1, 0.15) is 5.75 Å². The molecule has 1 amide bonds. The van der Waals surface area contributed by atoms with Crippen LogP contribution in [0.4, 0.5) is 5.69 Å². The Hall–Kier alpha value is -2.82. The normalized spacial score (nSPS) is 22.6. The average Bonchev–Trinajstić information content (AvgIpc) is 3.25. The van der Waals surface area contributed by atoms with Crippen LogP contribution in [0.3, 0.4) is 0 Å². The topological polar surface area (TPSA) is 67.0 Å². The number of aromatic amines is 1. The average molecular weight is 349 g/mol. The molecule has 3 aromatic rings. The number of aryl methyl sites for hydroxylation is 1. The molecular weight excluding hydrogens is 326 g/mol. The molecule has 1 spiro atoms. The van der Waals surface area contributed by atoms with E-state index in [0.717, 1.165) is 40.0 Å². The van der Waals surface area contributed by atoms with Crippen LogP contribution in [0, 0.1) is 6.92 Å². The zero-order valence-corrected chi connectivity index (χ0v) is 15.5. The summed E-state index contributed by atoms with van der Waals surface area (Å²) in [5.41, 5.74) is 4.69. The molecule has 5 nitrogen and oxygen atoms in total. The van der Waals surface area contributed by atoms with Gasteiger partial charge in [-0.25, -0.2) is 0 Å². The first-order valence-corrected chi connectivity index (χ1v) is 9.08. The fraction of sp³-hybridized carbons (Fsp3) is 0.333. The molecule has 0 bridgehead atoms. The predicted octanol–water partition coefficient (Wildman–Crippen LogP) is 4.28. The standard InChI is InChI=1S/C19H17N3O2.C2H6/c1-10-13-5-3-11(7-17(13)22-21-10)15-9-19(15)14-8-12(24-2)4-6-16(14)20-18(19)23;1-2/h3-8,15H,9H2,1-2H3,(H,20,23)(H,21,22);1-2H3. The summed E-state index contributed by atoms with van der Waals surface area (Å²) in [6.07, 6.45) is 0.827. The Kier molecular flexibility index (Phi) is 3.75. The van der Waals surface area contributed by atoms with Gasteiger partial charge in [-0.05, 0) is 48.7 Å². The molecule has 134 valence electrons. The van der Waals surface area contributed by atoms with Crippen molar-refractivity contribution >= 4 is 22.5 Å². The van der Waals surface area contributed by atoms with Gasteiger partial charge in [-0.3, -0.25) is 9.89 Å². The maximum atomic E-state index is 12.7. The first-order chi connectivity index (χ1) is 12.6. The Labute approximate surface area is 152 Å². The number of carbonyl (C=O) groups excluding carboxylic acids is 1. The van der Waals surface area contributed by atoms with Crippen molar-refractivity contribution in [2.45, 2.75) is 38.5 Å². The molecule has 0 radical (unpaired) electrons. The van der Waals surface area contributed by atoms with Crippen LogP contribution in [0.1, 0.15) is 43.0 Å². The molecule has 2 unspecified atom stereocenters. The van der Waals surface area contributed by atoms with Gasteiger partial charge in [0.2, 0.25) is 5.91 Å². The smallest absolute Gasteiger partial charge is 0.235 e. The Morgan fingerprint density at radius 3 is 2.77 bits per heavy atom. The van der Waals surface area contributed by atoms with E-state index in [2.05, 4.69) is 33.7 Å². The van der Waals surface area contributed by atoms with Crippen molar-refractivity contribution < 1.29 is 9.53 Å². The van der Waals surface area contributed by atoms with Crippen LogP contribution in [0.15, 0.2) is 36.4 Å². The number of nitrogens with zero attached hydrogens (tertiary/aromatic N) is 1. The monoisotopic (exact) mass is 349 g/mol. The molecule has 1 aliphatic carbocycles. The fourth-order valence-corrected chi connectivity index (χ4v) is 4.08. The van der Waals surface area contributed by atoms with Crippen molar-refractivity contribution in [1.82, 2.24) is 10.2 Å². The second kappa shape index (κ2) is 5.87. The van der Waals surface area contributed by atoms with E-state index in [1.807, 2.05) is 39.0 Å². The summed E-state index contributed by atoms with van der Waals surface area (Å²) in [7, 11) is 1.65. The summed E-state index contributed by atoms with van der Waals surface area (Å²) in [6, 6.07) is 12.1. The number of aromatic nitrogens is 2. The minimum absolute atomic E-state index is 0.0917. The molecule has 2 aliphatic rings. The van der Waals surface area contributed by atoms with E-state index in [9.17, 15) is 4.79 Å². The fourth-order valence-electron chi connectivity index (χ4n) is 4.08. The minimum Gasteiger partial charge on any atom is -0.497 e. The lowest BCUT2D eigenvalue weighted by atomic mass is 9.91. The van der Waals surface area contributed by atoms with Crippen molar-refractivity contribution in [2.75, 3.05) is 12.4 Å². The van der Waals surface area contributed by atoms with E-state index in [0.29, 0.717) is 0 Å². The van der Waals surface area contributed by atoms with Crippen LogP contribution < -0.4 is 10.1 Å². The van der Waals surface area contributed by atoms with Crippen LogP contribution in [0.5, 0.6) is 5.75 Å². The molecule has 2 N–H and O–H groups in total. The van der Waals surface area contributed by atoms with E-state index in [1.165, 1.54) is 5.56 Å². The lowest BCUT2D eigenvalue weighted by molar-refractivity contribution is -0.118. The molecule has 2 atom stereocenters. The quantitative estimate of drug-likeness (QED) is 0.725. The van der Waals surface area contributed by atoms with E-state index in [-0.39, 0.29) is 11.8 Å². The zero-order valence-electron chi connectivity index (χ0n) is 15.5. The summed E-state index contributed by atoms with van der Waals surface area (Å²) >= 11 is 0. The minimum atomic E-state index is -0.455. The number of benzene rings is 2. The Bertz CT molecular complexity index is 1010. The van der Waals surface area contributed by atoms with E-state index < -0.39 is 5.41 Å². The summed E-state index contributed by atoms with van der Waals surface area (Å²) in [6.45, 7) is 6.01. The van der Waals surface area contributed by atoms with Crippen molar-refractivity contribution in [3.05, 3.63) is 53.2 Å². The Balaban J connectivity index is 0.000000814. The second-order valence-electron chi connectivity index (χ2n) is 6.72. The zero-order chi connectivity index (χ0) is 18.5. The molecule has 26 heavy (non-hydrogen) atoms. The number of nitrogens with one attached hydrogen (secondary N) is 2. The van der Waals surface area contributed by atoms with Crippen LogP contribution in [-0.2, 0) is 10.2 Å². The number of hydrogen-bond acceptors (Lipinski definition) is 3. The third-order valence-corrected chi connectivity index (χ3v) is 5.49. The van der Waals surface area contributed by atoms with Crippen LogP contribution in [0.25, 0.3) is 10.9 Å². The van der Waals surface area contributed by atoms with Gasteiger partial charge in [-0.1, -0.05) is 26.0 Å². The molecule has 2 aromatic carbocycles. The molecule has 0 saturated heterocycles. The number of fused-ring (bicyclic) bond motifs is 3. The molecular formula is C21H23N3O2. The first kappa shape index (κ1) is 16.6. The number of carbonyl (C=O) groups is 1. The Morgan fingerprint density at radius 2 is 2.00 bits per heavy atom. The maximum absolute atomic E-state index is 12.7. The van der Waals surface area contributed by atoms with Gasteiger partial charge >= 0.3 is 0 Å².